The number of hydrogen-bond donors (Lipinski definition) is 1. The summed E-state index contributed by atoms with van der Waals surface area (Å²) in [5, 5.41) is 9.03. The molecule has 5 heteroatoms. The highest BCUT2D eigenvalue weighted by Gasteiger charge is 2.34. The quantitative estimate of drug-likeness (QED) is 0.933. The summed E-state index contributed by atoms with van der Waals surface area (Å²) in [7, 11) is 0. The molecule has 24 heavy (non-hydrogen) atoms. The Bertz CT molecular complexity index is 777. The van der Waals surface area contributed by atoms with Crippen LogP contribution in [0.1, 0.15) is 51.7 Å². The van der Waals surface area contributed by atoms with Crippen LogP contribution in [0.5, 0.6) is 0 Å². The molecule has 1 unspecified atom stereocenters. The zero-order valence-corrected chi connectivity index (χ0v) is 13.9. The summed E-state index contributed by atoms with van der Waals surface area (Å²) in [6, 6.07) is 8.12. The molecular formula is C19H21NO4. The number of furan rings is 1. The Balaban J connectivity index is 1.94. The predicted molar refractivity (Wildman–Crippen MR) is 89.0 cm³/mol. The van der Waals surface area contributed by atoms with Gasteiger partial charge in [0.25, 0.3) is 5.91 Å². The average molecular weight is 327 g/mol. The van der Waals surface area contributed by atoms with Crippen LogP contribution in [0.2, 0.25) is 0 Å². The van der Waals surface area contributed by atoms with Crippen LogP contribution in [0.15, 0.2) is 34.9 Å². The zero-order chi connectivity index (χ0) is 17.3. The largest absolute Gasteiger partial charge is 0.481 e. The summed E-state index contributed by atoms with van der Waals surface area (Å²) in [4.78, 5) is 26.0. The van der Waals surface area contributed by atoms with Gasteiger partial charge in [0.05, 0.1) is 17.9 Å². The summed E-state index contributed by atoms with van der Waals surface area (Å²) >= 11 is 0. The van der Waals surface area contributed by atoms with Crippen LogP contribution >= 0.6 is 0 Å². The molecule has 0 saturated carbocycles. The molecule has 1 fully saturated rings. The van der Waals surface area contributed by atoms with E-state index >= 15 is 0 Å². The normalized spacial score (nSPS) is 17.2. The van der Waals surface area contributed by atoms with E-state index < -0.39 is 5.97 Å². The number of aryl methyl sites for hydroxylation is 2. The molecule has 1 saturated heterocycles. The highest BCUT2D eigenvalue weighted by atomic mass is 16.4. The lowest BCUT2D eigenvalue weighted by Crippen LogP contribution is -2.31. The molecule has 2 heterocycles. The lowest BCUT2D eigenvalue weighted by atomic mass is 9.98. The third-order valence-corrected chi connectivity index (χ3v) is 4.64. The van der Waals surface area contributed by atoms with Crippen molar-refractivity contribution in [3.05, 3.63) is 58.5 Å². The van der Waals surface area contributed by atoms with E-state index in [4.69, 9.17) is 9.52 Å². The van der Waals surface area contributed by atoms with E-state index in [1.807, 2.05) is 17.0 Å². The third-order valence-electron chi connectivity index (χ3n) is 4.64. The number of carbonyl (C=O) groups is 2. The average Bonchev–Trinajstić information content (AvgIpc) is 3.14. The summed E-state index contributed by atoms with van der Waals surface area (Å²) in [6.07, 6.45) is 3.04. The van der Waals surface area contributed by atoms with Crippen molar-refractivity contribution in [3.8, 4) is 0 Å². The number of rotatable bonds is 4. The zero-order valence-electron chi connectivity index (χ0n) is 13.9. The molecule has 0 radical (unpaired) electrons. The Morgan fingerprint density at radius 1 is 1.25 bits per heavy atom. The predicted octanol–water partition coefficient (Wildman–Crippen LogP) is 3.50. The molecule has 1 aliphatic rings. The molecule has 1 aromatic heterocycles. The lowest BCUT2D eigenvalue weighted by Gasteiger charge is -2.26. The van der Waals surface area contributed by atoms with Crippen molar-refractivity contribution in [2.45, 2.75) is 39.2 Å². The van der Waals surface area contributed by atoms with Gasteiger partial charge < -0.3 is 14.4 Å². The molecule has 5 nitrogen and oxygen atoms in total. The molecule has 1 atom stereocenters. The van der Waals surface area contributed by atoms with Gasteiger partial charge in [-0.15, -0.1) is 0 Å². The van der Waals surface area contributed by atoms with Gasteiger partial charge in [-0.2, -0.15) is 0 Å². The number of carbonyl (C=O) groups excluding carboxylic acids is 1. The molecule has 1 aliphatic heterocycles. The fourth-order valence-electron chi connectivity index (χ4n) is 3.49. The second-order valence-electron chi connectivity index (χ2n) is 6.30. The molecular weight excluding hydrogens is 306 g/mol. The number of carboxylic acid groups (broad SMARTS) is 1. The second kappa shape index (κ2) is 6.51. The molecule has 1 N–H and O–H groups in total. The first-order valence-corrected chi connectivity index (χ1v) is 8.14. The molecule has 0 aliphatic carbocycles. The van der Waals surface area contributed by atoms with Gasteiger partial charge in [0.1, 0.15) is 12.2 Å². The van der Waals surface area contributed by atoms with Crippen LogP contribution in [-0.4, -0.2) is 28.4 Å². The van der Waals surface area contributed by atoms with Gasteiger partial charge in [-0.05, 0) is 37.8 Å². The maximum Gasteiger partial charge on any atom is 0.311 e. The van der Waals surface area contributed by atoms with E-state index in [-0.39, 0.29) is 24.1 Å². The number of nitrogens with zero attached hydrogens (tertiary/aromatic N) is 1. The van der Waals surface area contributed by atoms with Gasteiger partial charge in [-0.25, -0.2) is 0 Å². The monoisotopic (exact) mass is 327 g/mol. The van der Waals surface area contributed by atoms with Crippen LogP contribution in [0.3, 0.4) is 0 Å². The summed E-state index contributed by atoms with van der Waals surface area (Å²) in [5.74, 6) is -0.904. The Morgan fingerprint density at radius 3 is 2.71 bits per heavy atom. The third kappa shape index (κ3) is 2.94. The molecule has 1 aromatic carbocycles. The van der Waals surface area contributed by atoms with Crippen molar-refractivity contribution in [2.75, 3.05) is 6.54 Å². The van der Waals surface area contributed by atoms with Gasteiger partial charge in [-0.1, -0.05) is 24.3 Å². The minimum atomic E-state index is -1.00. The summed E-state index contributed by atoms with van der Waals surface area (Å²) in [5.41, 5.74) is 3.41. The fourth-order valence-corrected chi connectivity index (χ4v) is 3.49. The van der Waals surface area contributed by atoms with Crippen molar-refractivity contribution < 1.29 is 19.1 Å². The smallest absolute Gasteiger partial charge is 0.311 e. The van der Waals surface area contributed by atoms with Crippen molar-refractivity contribution in [1.82, 2.24) is 4.90 Å². The number of hydrogen-bond acceptors (Lipinski definition) is 3. The number of carboxylic acids is 1. The summed E-state index contributed by atoms with van der Waals surface area (Å²) < 4.78 is 5.32. The molecule has 3 rings (SSSR count). The standard InChI is InChI=1S/C19H21NO4/c1-12-6-3-4-7-14(12)15-8-5-9-20(15)19(23)18-13(2)11-24-16(18)10-17(21)22/h3-4,6-7,11,15H,5,8-10H2,1-2H3,(H,21,22). The molecule has 0 bridgehead atoms. The second-order valence-corrected chi connectivity index (χ2v) is 6.30. The highest BCUT2D eigenvalue weighted by molar-refractivity contribution is 5.97. The molecule has 1 amide bonds. The highest BCUT2D eigenvalue weighted by Crippen LogP contribution is 2.35. The summed E-state index contributed by atoms with van der Waals surface area (Å²) in [6.45, 7) is 4.51. The van der Waals surface area contributed by atoms with Gasteiger partial charge in [-0.3, -0.25) is 9.59 Å². The minimum Gasteiger partial charge on any atom is -0.481 e. The molecule has 126 valence electrons. The maximum atomic E-state index is 13.1. The van der Waals surface area contributed by atoms with Crippen LogP contribution in [-0.2, 0) is 11.2 Å². The van der Waals surface area contributed by atoms with Gasteiger partial charge in [0.2, 0.25) is 0 Å². The van der Waals surface area contributed by atoms with Crippen LogP contribution in [0.4, 0.5) is 0 Å². The molecule has 2 aromatic rings. The first-order valence-electron chi connectivity index (χ1n) is 8.14. The van der Waals surface area contributed by atoms with Crippen LogP contribution in [0.25, 0.3) is 0 Å². The van der Waals surface area contributed by atoms with E-state index in [0.29, 0.717) is 17.7 Å². The van der Waals surface area contributed by atoms with E-state index in [0.717, 1.165) is 24.0 Å². The van der Waals surface area contributed by atoms with Gasteiger partial charge in [0.15, 0.2) is 0 Å². The lowest BCUT2D eigenvalue weighted by molar-refractivity contribution is -0.136. The van der Waals surface area contributed by atoms with E-state index in [2.05, 4.69) is 19.1 Å². The fraction of sp³-hybridized carbons (Fsp3) is 0.368. The van der Waals surface area contributed by atoms with Crippen molar-refractivity contribution in [1.29, 1.82) is 0 Å². The van der Waals surface area contributed by atoms with Gasteiger partial charge >= 0.3 is 5.97 Å². The Hall–Kier alpha value is -2.56. The van der Waals surface area contributed by atoms with Crippen molar-refractivity contribution >= 4 is 11.9 Å². The number of benzene rings is 1. The minimum absolute atomic E-state index is 0.0330. The Labute approximate surface area is 140 Å². The van der Waals surface area contributed by atoms with E-state index in [1.54, 1.807) is 6.92 Å². The topological polar surface area (TPSA) is 70.8 Å². The molecule has 0 spiro atoms. The SMILES string of the molecule is Cc1ccccc1C1CCCN1C(=O)c1c(C)coc1CC(=O)O. The van der Waals surface area contributed by atoms with Gasteiger partial charge in [0, 0.05) is 12.1 Å². The Kier molecular flexibility index (Phi) is 4.42. The van der Waals surface area contributed by atoms with Crippen LogP contribution in [0, 0.1) is 13.8 Å². The number of likely N-dealkylation sites (tertiary alicyclic amines) is 1. The first kappa shape index (κ1) is 16.3. The number of amides is 1. The van der Waals surface area contributed by atoms with Crippen LogP contribution < -0.4 is 0 Å². The van der Waals surface area contributed by atoms with Crippen molar-refractivity contribution in [3.63, 3.8) is 0 Å². The Morgan fingerprint density at radius 2 is 2.00 bits per heavy atom. The first-order chi connectivity index (χ1) is 11.5. The van der Waals surface area contributed by atoms with E-state index in [1.165, 1.54) is 6.26 Å². The van der Waals surface area contributed by atoms with E-state index in [9.17, 15) is 9.59 Å². The maximum absolute atomic E-state index is 13.1. The van der Waals surface area contributed by atoms with Crippen molar-refractivity contribution in [2.24, 2.45) is 0 Å². The number of aliphatic carboxylic acids is 1.